The molecular weight excluding hydrogens is 452 g/mol. The summed E-state index contributed by atoms with van der Waals surface area (Å²) in [5.74, 6) is 0.659. The molecule has 0 aliphatic rings. The van der Waals surface area contributed by atoms with Crippen LogP contribution in [-0.4, -0.2) is 20.7 Å². The zero-order valence-corrected chi connectivity index (χ0v) is 19.2. The molecule has 0 radical (unpaired) electrons. The smallest absolute Gasteiger partial charge is 0.295 e. The van der Waals surface area contributed by atoms with Crippen molar-refractivity contribution in [3.8, 4) is 17.1 Å². The molecule has 0 fully saturated rings. The van der Waals surface area contributed by atoms with Crippen molar-refractivity contribution in [3.05, 3.63) is 94.2 Å². The topological polar surface area (TPSA) is 59.8 Å². The van der Waals surface area contributed by atoms with Crippen molar-refractivity contribution in [1.82, 2.24) is 14.8 Å². The summed E-state index contributed by atoms with van der Waals surface area (Å²) in [7, 11) is 0. The second-order valence-electron chi connectivity index (χ2n) is 7.71. The van der Waals surface area contributed by atoms with Crippen molar-refractivity contribution in [2.75, 3.05) is 5.32 Å². The van der Waals surface area contributed by atoms with E-state index in [4.69, 9.17) is 0 Å². The Hall–Kier alpha value is -3.25. The summed E-state index contributed by atoms with van der Waals surface area (Å²) in [5.41, 5.74) is 4.70. The number of nitrogens with one attached hydrogen (secondary N) is 1. The standard InChI is InChI=1S/C25H23BrN4O/c1-16(2)21-15-19(26)13-14-22(21)27-25(31)23-28-24(18-11-9-17(3)10-12-18)30(29-23)20-7-5-4-6-8-20/h4-16H,1-3H3,(H,27,31). The van der Waals surface area contributed by atoms with Gasteiger partial charge in [0.1, 0.15) is 0 Å². The highest BCUT2D eigenvalue weighted by Crippen LogP contribution is 2.28. The highest BCUT2D eigenvalue weighted by Gasteiger charge is 2.20. The van der Waals surface area contributed by atoms with Crippen LogP contribution in [0.4, 0.5) is 5.69 Å². The molecule has 0 saturated carbocycles. The minimum atomic E-state index is -0.340. The third kappa shape index (κ3) is 4.59. The number of nitrogens with zero attached hydrogens (tertiary/aromatic N) is 3. The largest absolute Gasteiger partial charge is 0.319 e. The van der Waals surface area contributed by atoms with Gasteiger partial charge < -0.3 is 5.32 Å². The average molecular weight is 475 g/mol. The van der Waals surface area contributed by atoms with Crippen LogP contribution in [0, 0.1) is 6.92 Å². The summed E-state index contributed by atoms with van der Waals surface area (Å²) >= 11 is 3.50. The van der Waals surface area contributed by atoms with Gasteiger partial charge in [0.05, 0.1) is 5.69 Å². The van der Waals surface area contributed by atoms with E-state index in [1.54, 1.807) is 4.68 Å². The number of amides is 1. The highest BCUT2D eigenvalue weighted by atomic mass is 79.9. The fraction of sp³-hybridized carbons (Fsp3) is 0.160. The van der Waals surface area contributed by atoms with E-state index in [0.29, 0.717) is 5.82 Å². The molecule has 5 nitrogen and oxygen atoms in total. The zero-order valence-electron chi connectivity index (χ0n) is 17.6. The normalized spacial score (nSPS) is 11.0. The predicted molar refractivity (Wildman–Crippen MR) is 128 cm³/mol. The molecule has 0 aliphatic heterocycles. The van der Waals surface area contributed by atoms with Gasteiger partial charge in [0.15, 0.2) is 5.82 Å². The Bertz CT molecular complexity index is 1210. The molecule has 3 aromatic carbocycles. The molecule has 0 atom stereocenters. The van der Waals surface area contributed by atoms with Crippen LogP contribution in [0.15, 0.2) is 77.3 Å². The molecule has 31 heavy (non-hydrogen) atoms. The van der Waals surface area contributed by atoms with E-state index >= 15 is 0 Å². The molecule has 4 aromatic rings. The van der Waals surface area contributed by atoms with Crippen LogP contribution in [0.1, 0.15) is 41.5 Å². The fourth-order valence-corrected chi connectivity index (χ4v) is 3.73. The van der Waals surface area contributed by atoms with E-state index in [2.05, 4.69) is 45.2 Å². The first-order valence-electron chi connectivity index (χ1n) is 10.1. The molecule has 1 N–H and O–H groups in total. The number of halogens is 1. The maximum atomic E-state index is 13.1. The highest BCUT2D eigenvalue weighted by molar-refractivity contribution is 9.10. The van der Waals surface area contributed by atoms with Gasteiger partial charge in [-0.25, -0.2) is 9.67 Å². The third-order valence-electron chi connectivity index (χ3n) is 5.00. The Morgan fingerprint density at radius 2 is 1.71 bits per heavy atom. The van der Waals surface area contributed by atoms with Gasteiger partial charge in [-0.15, -0.1) is 5.10 Å². The van der Waals surface area contributed by atoms with Crippen molar-refractivity contribution < 1.29 is 4.79 Å². The van der Waals surface area contributed by atoms with Gasteiger partial charge in [-0.1, -0.05) is 77.8 Å². The summed E-state index contributed by atoms with van der Waals surface area (Å²) in [4.78, 5) is 17.7. The van der Waals surface area contributed by atoms with E-state index in [9.17, 15) is 4.79 Å². The van der Waals surface area contributed by atoms with E-state index in [0.717, 1.165) is 32.5 Å². The summed E-state index contributed by atoms with van der Waals surface area (Å²) in [6, 6.07) is 23.6. The van der Waals surface area contributed by atoms with Crippen molar-refractivity contribution in [3.63, 3.8) is 0 Å². The van der Waals surface area contributed by atoms with Crippen LogP contribution in [0.25, 0.3) is 17.1 Å². The minimum absolute atomic E-state index is 0.122. The van der Waals surface area contributed by atoms with Crippen molar-refractivity contribution in [1.29, 1.82) is 0 Å². The number of hydrogen-bond donors (Lipinski definition) is 1. The van der Waals surface area contributed by atoms with Crippen molar-refractivity contribution in [2.24, 2.45) is 0 Å². The number of aryl methyl sites for hydroxylation is 1. The molecule has 0 saturated heterocycles. The number of rotatable bonds is 5. The number of hydrogen-bond acceptors (Lipinski definition) is 3. The zero-order chi connectivity index (χ0) is 22.0. The Morgan fingerprint density at radius 1 is 1.00 bits per heavy atom. The van der Waals surface area contributed by atoms with Crippen LogP contribution in [0.2, 0.25) is 0 Å². The van der Waals surface area contributed by atoms with Crippen LogP contribution < -0.4 is 5.32 Å². The lowest BCUT2D eigenvalue weighted by Gasteiger charge is -2.13. The number of para-hydroxylation sites is 1. The summed E-state index contributed by atoms with van der Waals surface area (Å²) in [5, 5.41) is 7.54. The molecule has 1 heterocycles. The molecule has 1 aromatic heterocycles. The molecule has 4 rings (SSSR count). The van der Waals surface area contributed by atoms with Crippen LogP contribution >= 0.6 is 15.9 Å². The van der Waals surface area contributed by atoms with Gasteiger partial charge in [0.2, 0.25) is 5.82 Å². The molecule has 0 bridgehead atoms. The lowest BCUT2D eigenvalue weighted by atomic mass is 10.0. The molecule has 0 spiro atoms. The summed E-state index contributed by atoms with van der Waals surface area (Å²) in [6.07, 6.45) is 0. The van der Waals surface area contributed by atoms with E-state index < -0.39 is 0 Å². The fourth-order valence-electron chi connectivity index (χ4n) is 3.35. The van der Waals surface area contributed by atoms with E-state index in [1.165, 1.54) is 0 Å². The Labute approximate surface area is 190 Å². The first-order valence-corrected chi connectivity index (χ1v) is 10.9. The second kappa shape index (κ2) is 8.86. The van der Waals surface area contributed by atoms with Gasteiger partial charge in [0.25, 0.3) is 5.91 Å². The Kier molecular flexibility index (Phi) is 6.00. The number of benzene rings is 3. The monoisotopic (exact) mass is 474 g/mol. The molecular formula is C25H23BrN4O. The quantitative estimate of drug-likeness (QED) is 0.364. The minimum Gasteiger partial charge on any atom is -0.319 e. The molecule has 6 heteroatoms. The molecule has 1 amide bonds. The summed E-state index contributed by atoms with van der Waals surface area (Å²) < 4.78 is 2.69. The lowest BCUT2D eigenvalue weighted by Crippen LogP contribution is -2.16. The Morgan fingerprint density at radius 3 is 2.39 bits per heavy atom. The first kappa shape index (κ1) is 21.0. The van der Waals surface area contributed by atoms with Gasteiger partial charge in [-0.05, 0) is 48.7 Å². The molecule has 156 valence electrons. The van der Waals surface area contributed by atoms with Gasteiger partial charge in [-0.2, -0.15) is 0 Å². The lowest BCUT2D eigenvalue weighted by molar-refractivity contribution is 0.101. The number of carbonyl (C=O) groups is 1. The maximum Gasteiger partial charge on any atom is 0.295 e. The van der Waals surface area contributed by atoms with Crippen molar-refractivity contribution in [2.45, 2.75) is 26.7 Å². The van der Waals surface area contributed by atoms with Gasteiger partial charge in [-0.3, -0.25) is 4.79 Å². The van der Waals surface area contributed by atoms with Gasteiger partial charge >= 0.3 is 0 Å². The third-order valence-corrected chi connectivity index (χ3v) is 5.50. The average Bonchev–Trinajstić information content (AvgIpc) is 3.21. The van der Waals surface area contributed by atoms with Crippen molar-refractivity contribution >= 4 is 27.5 Å². The molecule has 0 unspecified atom stereocenters. The van der Waals surface area contributed by atoms with Crippen LogP contribution in [0.3, 0.4) is 0 Å². The first-order chi connectivity index (χ1) is 14.9. The predicted octanol–water partition coefficient (Wildman–Crippen LogP) is 6.38. The molecule has 0 aliphatic carbocycles. The van der Waals surface area contributed by atoms with Crippen LogP contribution in [-0.2, 0) is 0 Å². The van der Waals surface area contributed by atoms with Crippen LogP contribution in [0.5, 0.6) is 0 Å². The van der Waals surface area contributed by atoms with Gasteiger partial charge in [0, 0.05) is 15.7 Å². The number of anilines is 1. The summed E-state index contributed by atoms with van der Waals surface area (Å²) in [6.45, 7) is 6.22. The maximum absolute atomic E-state index is 13.1. The van der Waals surface area contributed by atoms with E-state index in [1.807, 2.05) is 79.7 Å². The number of carbonyl (C=O) groups excluding carboxylic acids is 1. The van der Waals surface area contributed by atoms with E-state index in [-0.39, 0.29) is 17.6 Å². The SMILES string of the molecule is Cc1ccc(-c2nc(C(=O)Nc3ccc(Br)cc3C(C)C)nn2-c2ccccc2)cc1. The number of aromatic nitrogens is 3. The Balaban J connectivity index is 1.74. The second-order valence-corrected chi connectivity index (χ2v) is 8.63.